The molecule has 0 rings (SSSR count). The van der Waals surface area contributed by atoms with Crippen LogP contribution >= 0.6 is 0 Å². The van der Waals surface area contributed by atoms with Crippen LogP contribution in [0.25, 0.3) is 0 Å². The van der Waals surface area contributed by atoms with Crippen LogP contribution in [-0.2, 0) is 59.5 Å². The summed E-state index contributed by atoms with van der Waals surface area (Å²) in [5, 5.41) is 0. The van der Waals surface area contributed by atoms with Crippen LogP contribution in [0, 0.1) is 0 Å². The Kier molecular flexibility index (Phi) is 18.3. The predicted octanol–water partition coefficient (Wildman–Crippen LogP) is 3.50. The van der Waals surface area contributed by atoms with Crippen molar-refractivity contribution in [1.29, 1.82) is 0 Å². The van der Waals surface area contributed by atoms with E-state index in [-0.39, 0.29) is 26.2 Å². The van der Waals surface area contributed by atoms with E-state index in [1.165, 1.54) is 0 Å². The van der Waals surface area contributed by atoms with Crippen molar-refractivity contribution in [2.24, 2.45) is 0 Å². The van der Waals surface area contributed by atoms with Crippen molar-refractivity contribution < 1.29 is 59.5 Å². The summed E-state index contributed by atoms with van der Waals surface area (Å²) in [6, 6.07) is 0. The molecule has 0 aliphatic heterocycles. The van der Waals surface area contributed by atoms with E-state index >= 15 is 0 Å². The Hall–Kier alpha value is 1.61. The first-order chi connectivity index (χ1) is 8.24. The molecule has 4 nitrogen and oxygen atoms in total. The molecule has 0 aliphatic carbocycles. The van der Waals surface area contributed by atoms with E-state index in [0.29, 0.717) is 26.4 Å². The van der Waals surface area contributed by atoms with E-state index in [1.807, 2.05) is 13.8 Å². The Morgan fingerprint density at radius 1 is 0.667 bits per heavy atom. The first-order valence-corrected chi connectivity index (χ1v) is 10.8. The van der Waals surface area contributed by atoms with Gasteiger partial charge in [0.25, 0.3) is 0 Å². The van der Waals surface area contributed by atoms with Gasteiger partial charge in [-0.15, -0.1) is 0 Å². The molecule has 0 saturated heterocycles. The molecule has 0 spiro atoms. The minimum Gasteiger partial charge on any atom is 0 e. The summed E-state index contributed by atoms with van der Waals surface area (Å²) < 4.78 is 23.1. The number of rotatable bonds is 12. The van der Waals surface area contributed by atoms with Crippen LogP contribution in [0.5, 0.6) is 0 Å². The molecular formula is C12H28O4Zr2. The molecule has 0 amide bonds. The molecule has 0 fully saturated rings. The zero-order valence-corrected chi connectivity index (χ0v) is 17.2. The topological polar surface area (TPSA) is 36.9 Å². The van der Waals surface area contributed by atoms with Gasteiger partial charge in [0.1, 0.15) is 0 Å². The van der Waals surface area contributed by atoms with Crippen LogP contribution in [-0.4, -0.2) is 26.4 Å². The van der Waals surface area contributed by atoms with Crippen LogP contribution < -0.4 is 0 Å². The zero-order valence-electron chi connectivity index (χ0n) is 12.3. The van der Waals surface area contributed by atoms with Gasteiger partial charge in [-0.1, -0.05) is 0 Å². The second-order valence-corrected chi connectivity index (χ2v) is 9.07. The number of unbranched alkanes of at least 4 members (excludes halogenated alkanes) is 2. The van der Waals surface area contributed by atoms with E-state index in [2.05, 4.69) is 13.8 Å². The summed E-state index contributed by atoms with van der Waals surface area (Å²) >= 11 is -3.67. The van der Waals surface area contributed by atoms with Crippen molar-refractivity contribution in [3.63, 3.8) is 0 Å². The van der Waals surface area contributed by atoms with Gasteiger partial charge in [0.05, 0.1) is 0 Å². The third-order valence-corrected chi connectivity index (χ3v) is 8.09. The monoisotopic (exact) mass is 416 g/mol. The smallest absolute Gasteiger partial charge is 0 e. The van der Waals surface area contributed by atoms with Gasteiger partial charge >= 0.3 is 113 Å². The SMILES string of the molecule is CCCC[O][Zr]([O]CC)([O]CC)[O]CCCC.[Zr]. The largest absolute Gasteiger partial charge is 0 e. The second kappa shape index (κ2) is 15.0. The van der Waals surface area contributed by atoms with Crippen molar-refractivity contribution >= 4 is 0 Å². The number of hydrogen-bond donors (Lipinski definition) is 0. The molecular weight excluding hydrogens is 391 g/mol. The average molecular weight is 419 g/mol. The van der Waals surface area contributed by atoms with Gasteiger partial charge in [-0.05, 0) is 0 Å². The molecule has 0 saturated carbocycles. The van der Waals surface area contributed by atoms with Crippen molar-refractivity contribution in [3.05, 3.63) is 0 Å². The quantitative estimate of drug-likeness (QED) is 0.455. The van der Waals surface area contributed by atoms with Crippen molar-refractivity contribution in [2.45, 2.75) is 53.4 Å². The first kappa shape index (κ1) is 21.9. The average Bonchev–Trinajstić information content (AvgIpc) is 2.30. The predicted molar refractivity (Wildman–Crippen MR) is 65.0 cm³/mol. The van der Waals surface area contributed by atoms with Crippen LogP contribution in [0.3, 0.4) is 0 Å². The normalized spacial score (nSPS) is 11.3. The minimum absolute atomic E-state index is 0. The van der Waals surface area contributed by atoms with E-state index in [0.717, 1.165) is 25.7 Å². The summed E-state index contributed by atoms with van der Waals surface area (Å²) in [7, 11) is 0. The summed E-state index contributed by atoms with van der Waals surface area (Å²) in [5.74, 6) is 0. The van der Waals surface area contributed by atoms with Gasteiger partial charge in [-0.2, -0.15) is 0 Å². The summed E-state index contributed by atoms with van der Waals surface area (Å²) in [5.41, 5.74) is 0. The molecule has 0 heterocycles. The fourth-order valence-electron chi connectivity index (χ4n) is 1.29. The summed E-state index contributed by atoms with van der Waals surface area (Å²) in [6.07, 6.45) is 4.26. The fourth-order valence-corrected chi connectivity index (χ4v) is 6.19. The third kappa shape index (κ3) is 10.4. The summed E-state index contributed by atoms with van der Waals surface area (Å²) in [6.45, 7) is 10.7. The standard InChI is InChI=1S/2C4H9O.2C2H5O.2Zr/c2*1-2-3-4-5;2*1-2-3;;/h2*2-4H2,1H3;2*2H2,1H3;;/q4*-1;;+4. The van der Waals surface area contributed by atoms with Crippen LogP contribution in [0.4, 0.5) is 0 Å². The van der Waals surface area contributed by atoms with Crippen molar-refractivity contribution in [2.75, 3.05) is 26.4 Å². The Morgan fingerprint density at radius 3 is 1.33 bits per heavy atom. The van der Waals surface area contributed by atoms with Gasteiger partial charge in [-0.3, -0.25) is 0 Å². The molecule has 18 heavy (non-hydrogen) atoms. The molecule has 0 bridgehead atoms. The maximum Gasteiger partial charge on any atom is 0 e. The molecule has 0 aromatic heterocycles. The Labute approximate surface area is 138 Å². The van der Waals surface area contributed by atoms with E-state index in [9.17, 15) is 0 Å². The molecule has 6 heteroatoms. The molecule has 0 unspecified atom stereocenters. The van der Waals surface area contributed by atoms with Gasteiger partial charge in [0, 0.05) is 26.2 Å². The number of hydrogen-bond acceptors (Lipinski definition) is 4. The molecule has 0 radical (unpaired) electrons. The molecule has 0 aromatic carbocycles. The van der Waals surface area contributed by atoms with E-state index < -0.39 is 22.0 Å². The first-order valence-electron chi connectivity index (χ1n) is 6.80. The van der Waals surface area contributed by atoms with Crippen molar-refractivity contribution in [3.8, 4) is 0 Å². The molecule has 0 aromatic rings. The van der Waals surface area contributed by atoms with Gasteiger partial charge in [0.2, 0.25) is 0 Å². The molecule has 108 valence electrons. The fraction of sp³-hybridized carbons (Fsp3) is 1.00. The third-order valence-electron chi connectivity index (χ3n) is 2.20. The maximum atomic E-state index is 5.84. The Morgan fingerprint density at radius 2 is 1.06 bits per heavy atom. The molecule has 0 atom stereocenters. The van der Waals surface area contributed by atoms with Crippen LogP contribution in [0.2, 0.25) is 0 Å². The van der Waals surface area contributed by atoms with Crippen molar-refractivity contribution in [1.82, 2.24) is 0 Å². The Bertz CT molecular complexity index is 152. The maximum absolute atomic E-state index is 5.84. The van der Waals surface area contributed by atoms with E-state index in [4.69, 9.17) is 11.3 Å². The zero-order chi connectivity index (χ0) is 13.0. The summed E-state index contributed by atoms with van der Waals surface area (Å²) in [4.78, 5) is 0. The second-order valence-electron chi connectivity index (χ2n) is 3.77. The van der Waals surface area contributed by atoms with Gasteiger partial charge < -0.3 is 0 Å². The van der Waals surface area contributed by atoms with Crippen LogP contribution in [0.1, 0.15) is 53.4 Å². The Balaban J connectivity index is 0. The van der Waals surface area contributed by atoms with E-state index in [1.54, 1.807) is 0 Å². The van der Waals surface area contributed by atoms with Gasteiger partial charge in [0.15, 0.2) is 0 Å². The minimum atomic E-state index is -3.67. The molecule has 0 aliphatic rings. The van der Waals surface area contributed by atoms with Gasteiger partial charge in [-0.25, -0.2) is 0 Å². The van der Waals surface area contributed by atoms with Crippen LogP contribution in [0.15, 0.2) is 0 Å². The molecule has 0 N–H and O–H groups in total.